The molecule has 1 aromatic heterocycles. The van der Waals surface area contributed by atoms with Crippen molar-refractivity contribution in [3.63, 3.8) is 0 Å². The number of anilines is 1. The van der Waals surface area contributed by atoms with E-state index >= 15 is 0 Å². The lowest BCUT2D eigenvalue weighted by molar-refractivity contribution is 0.0950. The van der Waals surface area contributed by atoms with E-state index in [0.29, 0.717) is 11.6 Å². The summed E-state index contributed by atoms with van der Waals surface area (Å²) < 4.78 is 25.9. The van der Waals surface area contributed by atoms with Crippen molar-refractivity contribution in [3.8, 4) is 0 Å². The van der Waals surface area contributed by atoms with Gasteiger partial charge in [-0.25, -0.2) is 18.7 Å². The Balaban J connectivity index is 2.03. The van der Waals surface area contributed by atoms with Gasteiger partial charge in [-0.3, -0.25) is 4.79 Å². The molecule has 2 rings (SSSR count). The summed E-state index contributed by atoms with van der Waals surface area (Å²) >= 11 is 0. The topological polar surface area (TPSA) is 58.1 Å². The van der Waals surface area contributed by atoms with Crippen molar-refractivity contribution in [3.05, 3.63) is 53.4 Å². The summed E-state index contributed by atoms with van der Waals surface area (Å²) in [4.78, 5) is 21.9. The molecule has 0 aliphatic rings. The van der Waals surface area contributed by atoms with Crippen LogP contribution in [0.3, 0.4) is 0 Å². The predicted octanol–water partition coefficient (Wildman–Crippen LogP) is 1.75. The van der Waals surface area contributed by atoms with Gasteiger partial charge in [0.2, 0.25) is 5.95 Å². The normalized spacial score (nSPS) is 10.3. The summed E-state index contributed by atoms with van der Waals surface area (Å²) in [5.74, 6) is -2.02. The number of amides is 1. The van der Waals surface area contributed by atoms with Crippen LogP contribution in [0.5, 0.6) is 0 Å². The summed E-state index contributed by atoms with van der Waals surface area (Å²) in [7, 11) is 3.61. The number of hydrogen-bond acceptors (Lipinski definition) is 4. The molecule has 1 N–H and O–H groups in total. The largest absolute Gasteiger partial charge is 0.347 e. The zero-order chi connectivity index (χ0) is 15.4. The highest BCUT2D eigenvalue weighted by Crippen LogP contribution is 2.09. The molecule has 7 heteroatoms. The Morgan fingerprint density at radius 3 is 2.67 bits per heavy atom. The summed E-state index contributed by atoms with van der Waals surface area (Å²) in [5.41, 5.74) is 0.667. The molecule has 1 heterocycles. The minimum absolute atomic E-state index is 0.0517. The van der Waals surface area contributed by atoms with Gasteiger partial charge in [-0.05, 0) is 24.3 Å². The minimum atomic E-state index is -1.06. The van der Waals surface area contributed by atoms with Crippen LogP contribution in [0.25, 0.3) is 0 Å². The van der Waals surface area contributed by atoms with E-state index in [1.54, 1.807) is 31.3 Å². The second kappa shape index (κ2) is 6.25. The van der Waals surface area contributed by atoms with Crippen molar-refractivity contribution >= 4 is 11.9 Å². The van der Waals surface area contributed by atoms with Crippen molar-refractivity contribution in [1.29, 1.82) is 0 Å². The molecule has 110 valence electrons. The van der Waals surface area contributed by atoms with Crippen LogP contribution in [-0.2, 0) is 6.54 Å². The molecule has 21 heavy (non-hydrogen) atoms. The lowest BCUT2D eigenvalue weighted by atomic mass is 10.2. The maximum absolute atomic E-state index is 13.1. The van der Waals surface area contributed by atoms with Crippen LogP contribution in [0.15, 0.2) is 30.5 Å². The molecule has 0 radical (unpaired) electrons. The number of nitrogens with zero attached hydrogens (tertiary/aromatic N) is 3. The summed E-state index contributed by atoms with van der Waals surface area (Å²) in [6.45, 7) is 0.168. The highest BCUT2D eigenvalue weighted by atomic mass is 19.2. The molecular weight excluding hydrogens is 278 g/mol. The van der Waals surface area contributed by atoms with E-state index in [4.69, 9.17) is 0 Å². The molecule has 0 bridgehead atoms. The molecule has 0 fully saturated rings. The zero-order valence-corrected chi connectivity index (χ0v) is 11.6. The molecule has 0 saturated carbocycles. The van der Waals surface area contributed by atoms with Crippen LogP contribution >= 0.6 is 0 Å². The Morgan fingerprint density at radius 1 is 1.24 bits per heavy atom. The predicted molar refractivity (Wildman–Crippen MR) is 73.9 cm³/mol. The van der Waals surface area contributed by atoms with E-state index in [9.17, 15) is 13.6 Å². The monoisotopic (exact) mass is 292 g/mol. The number of carbonyl (C=O) groups is 1. The highest BCUT2D eigenvalue weighted by molar-refractivity contribution is 5.94. The van der Waals surface area contributed by atoms with Gasteiger partial charge in [0.1, 0.15) is 0 Å². The summed E-state index contributed by atoms with van der Waals surface area (Å²) in [6, 6.07) is 4.66. The second-order valence-electron chi connectivity index (χ2n) is 4.55. The van der Waals surface area contributed by atoms with E-state index < -0.39 is 17.5 Å². The Morgan fingerprint density at radius 2 is 2.00 bits per heavy atom. The van der Waals surface area contributed by atoms with Gasteiger partial charge in [-0.1, -0.05) is 0 Å². The second-order valence-corrected chi connectivity index (χ2v) is 4.55. The number of nitrogens with one attached hydrogen (secondary N) is 1. The first-order valence-electron chi connectivity index (χ1n) is 6.20. The van der Waals surface area contributed by atoms with Crippen LogP contribution in [0.1, 0.15) is 16.1 Å². The van der Waals surface area contributed by atoms with Gasteiger partial charge in [0, 0.05) is 25.9 Å². The number of rotatable bonds is 4. The third-order valence-electron chi connectivity index (χ3n) is 2.71. The van der Waals surface area contributed by atoms with Gasteiger partial charge in [0.05, 0.1) is 12.2 Å². The third kappa shape index (κ3) is 3.71. The summed E-state index contributed by atoms with van der Waals surface area (Å²) in [6.07, 6.45) is 1.58. The van der Waals surface area contributed by atoms with Crippen LogP contribution < -0.4 is 10.2 Å². The lowest BCUT2D eigenvalue weighted by Gasteiger charge is -2.11. The zero-order valence-electron chi connectivity index (χ0n) is 11.6. The minimum Gasteiger partial charge on any atom is -0.347 e. The molecule has 0 atom stereocenters. The van der Waals surface area contributed by atoms with Gasteiger partial charge in [-0.15, -0.1) is 0 Å². The Hall–Kier alpha value is -2.57. The number of halogens is 2. The first kappa shape index (κ1) is 14.8. The molecule has 1 amide bonds. The van der Waals surface area contributed by atoms with Crippen molar-refractivity contribution in [2.24, 2.45) is 0 Å². The van der Waals surface area contributed by atoms with Crippen molar-refractivity contribution < 1.29 is 13.6 Å². The van der Waals surface area contributed by atoms with E-state index in [2.05, 4.69) is 15.3 Å². The van der Waals surface area contributed by atoms with Crippen LogP contribution in [0.4, 0.5) is 14.7 Å². The van der Waals surface area contributed by atoms with Gasteiger partial charge in [0.25, 0.3) is 5.91 Å². The fourth-order valence-electron chi connectivity index (χ4n) is 1.61. The van der Waals surface area contributed by atoms with E-state index in [-0.39, 0.29) is 12.1 Å². The smallest absolute Gasteiger partial charge is 0.251 e. The van der Waals surface area contributed by atoms with Crippen LogP contribution in [-0.4, -0.2) is 30.0 Å². The molecule has 0 spiro atoms. The molecular formula is C14H14F2N4O. The van der Waals surface area contributed by atoms with Crippen LogP contribution in [0, 0.1) is 11.6 Å². The average Bonchev–Trinajstić information content (AvgIpc) is 2.48. The first-order chi connectivity index (χ1) is 9.97. The molecule has 0 aliphatic carbocycles. The quantitative estimate of drug-likeness (QED) is 0.932. The third-order valence-corrected chi connectivity index (χ3v) is 2.71. The molecule has 2 aromatic rings. The molecule has 1 aromatic carbocycles. The maximum Gasteiger partial charge on any atom is 0.251 e. The number of carbonyl (C=O) groups excluding carboxylic acids is 1. The number of benzene rings is 1. The SMILES string of the molecule is CN(C)c1nccc(CNC(=O)c2ccc(F)c(F)c2)n1. The van der Waals surface area contributed by atoms with E-state index in [1.807, 2.05) is 0 Å². The number of hydrogen-bond donors (Lipinski definition) is 1. The van der Waals surface area contributed by atoms with E-state index in [0.717, 1.165) is 12.1 Å². The van der Waals surface area contributed by atoms with Crippen LogP contribution in [0.2, 0.25) is 0 Å². The van der Waals surface area contributed by atoms with Crippen molar-refractivity contribution in [2.45, 2.75) is 6.54 Å². The highest BCUT2D eigenvalue weighted by Gasteiger charge is 2.10. The molecule has 0 saturated heterocycles. The fourth-order valence-corrected chi connectivity index (χ4v) is 1.61. The van der Waals surface area contributed by atoms with Gasteiger partial charge < -0.3 is 10.2 Å². The maximum atomic E-state index is 13.1. The fraction of sp³-hybridized carbons (Fsp3) is 0.214. The molecule has 0 unspecified atom stereocenters. The number of aromatic nitrogens is 2. The molecule has 5 nitrogen and oxygen atoms in total. The van der Waals surface area contributed by atoms with Crippen molar-refractivity contribution in [2.75, 3.05) is 19.0 Å². The van der Waals surface area contributed by atoms with Gasteiger partial charge in [0.15, 0.2) is 11.6 Å². The molecule has 0 aliphatic heterocycles. The average molecular weight is 292 g/mol. The first-order valence-corrected chi connectivity index (χ1v) is 6.20. The Kier molecular flexibility index (Phi) is 4.42. The Bertz CT molecular complexity index is 661. The summed E-state index contributed by atoms with van der Waals surface area (Å²) in [5, 5.41) is 2.59. The van der Waals surface area contributed by atoms with E-state index in [1.165, 1.54) is 6.07 Å². The van der Waals surface area contributed by atoms with Gasteiger partial charge >= 0.3 is 0 Å². The lowest BCUT2D eigenvalue weighted by Crippen LogP contribution is -2.24. The standard InChI is InChI=1S/C14H14F2N4O/c1-20(2)14-17-6-5-10(19-14)8-18-13(21)9-3-4-11(15)12(16)7-9/h3-7H,8H2,1-2H3,(H,18,21). The van der Waals surface area contributed by atoms with Gasteiger partial charge in [-0.2, -0.15) is 0 Å². The Labute approximate surface area is 120 Å². The van der Waals surface area contributed by atoms with Crippen molar-refractivity contribution in [1.82, 2.24) is 15.3 Å².